The minimum Gasteiger partial charge on any atom is -0.466 e. The lowest BCUT2D eigenvalue weighted by Gasteiger charge is -2.12. The predicted octanol–water partition coefficient (Wildman–Crippen LogP) is 2.43. The van der Waals surface area contributed by atoms with E-state index in [9.17, 15) is 9.90 Å². The van der Waals surface area contributed by atoms with Crippen LogP contribution in [0, 0.1) is 13.8 Å². The third-order valence-electron chi connectivity index (χ3n) is 3.19. The summed E-state index contributed by atoms with van der Waals surface area (Å²) in [7, 11) is 0. The molecule has 0 unspecified atom stereocenters. The summed E-state index contributed by atoms with van der Waals surface area (Å²) in [6.45, 7) is 4.21. The lowest BCUT2D eigenvalue weighted by atomic mass is 10.1. The van der Waals surface area contributed by atoms with E-state index in [4.69, 9.17) is 4.42 Å². The molecule has 2 rings (SSSR count). The van der Waals surface area contributed by atoms with Gasteiger partial charge < -0.3 is 20.2 Å². The van der Waals surface area contributed by atoms with Crippen molar-refractivity contribution in [3.63, 3.8) is 0 Å². The molecule has 1 aromatic carbocycles. The van der Waals surface area contributed by atoms with Gasteiger partial charge in [-0.3, -0.25) is 0 Å². The second kappa shape index (κ2) is 6.95. The number of carbonyl (C=O) groups excluding carboxylic acids is 1. The lowest BCUT2D eigenvalue weighted by Crippen LogP contribution is -2.37. The van der Waals surface area contributed by atoms with Gasteiger partial charge in [-0.05, 0) is 25.5 Å². The molecule has 2 aromatic rings. The molecule has 5 nitrogen and oxygen atoms in total. The Hall–Kier alpha value is -2.27. The molecule has 0 radical (unpaired) electrons. The topological polar surface area (TPSA) is 74.5 Å². The maximum absolute atomic E-state index is 11.7. The molecule has 0 saturated carbocycles. The molecule has 0 saturated heterocycles. The number of amides is 2. The highest BCUT2D eigenvalue weighted by Crippen LogP contribution is 2.20. The van der Waals surface area contributed by atoms with E-state index in [0.717, 1.165) is 11.3 Å². The van der Waals surface area contributed by atoms with Crippen molar-refractivity contribution < 1.29 is 14.3 Å². The van der Waals surface area contributed by atoms with E-state index in [1.54, 1.807) is 13.0 Å². The predicted molar refractivity (Wildman–Crippen MR) is 79.8 cm³/mol. The van der Waals surface area contributed by atoms with E-state index in [-0.39, 0.29) is 12.6 Å². The maximum atomic E-state index is 11.7. The average Bonchev–Trinajstić information content (AvgIpc) is 2.82. The zero-order chi connectivity index (χ0) is 15.2. The summed E-state index contributed by atoms with van der Waals surface area (Å²) in [5.74, 6) is 1.42. The van der Waals surface area contributed by atoms with Crippen molar-refractivity contribution in [3.8, 4) is 0 Å². The number of aryl methyl sites for hydroxylation is 2. The van der Waals surface area contributed by atoms with Crippen LogP contribution in [0.1, 0.15) is 28.8 Å². The molecule has 0 aliphatic rings. The first-order valence-corrected chi connectivity index (χ1v) is 6.87. The number of aliphatic hydroxyl groups excluding tert-OH is 1. The molecule has 0 aliphatic heterocycles. The van der Waals surface area contributed by atoms with Crippen molar-refractivity contribution in [2.75, 3.05) is 6.54 Å². The van der Waals surface area contributed by atoms with Gasteiger partial charge in [0.2, 0.25) is 0 Å². The van der Waals surface area contributed by atoms with Gasteiger partial charge in [-0.1, -0.05) is 30.3 Å². The van der Waals surface area contributed by atoms with Gasteiger partial charge in [0.05, 0.1) is 6.10 Å². The maximum Gasteiger partial charge on any atom is 0.315 e. The minimum atomic E-state index is -0.773. The third kappa shape index (κ3) is 4.36. The Morgan fingerprint density at radius 1 is 1.24 bits per heavy atom. The van der Waals surface area contributed by atoms with E-state index in [1.807, 2.05) is 37.3 Å². The molecule has 21 heavy (non-hydrogen) atoms. The lowest BCUT2D eigenvalue weighted by molar-refractivity contribution is 0.171. The number of nitrogens with one attached hydrogen (secondary N) is 2. The molecule has 5 heteroatoms. The summed E-state index contributed by atoms with van der Waals surface area (Å²) in [6, 6.07) is 11.1. The highest BCUT2D eigenvalue weighted by Gasteiger charge is 2.15. The number of furan rings is 1. The van der Waals surface area contributed by atoms with Crippen LogP contribution in [0.15, 0.2) is 40.8 Å². The second-order valence-electron chi connectivity index (χ2n) is 4.93. The fourth-order valence-electron chi connectivity index (χ4n) is 2.12. The number of hydrogen-bond donors (Lipinski definition) is 3. The van der Waals surface area contributed by atoms with Crippen molar-refractivity contribution in [2.45, 2.75) is 26.5 Å². The minimum absolute atomic E-state index is 0.139. The van der Waals surface area contributed by atoms with Crippen LogP contribution in [0.3, 0.4) is 0 Å². The summed E-state index contributed by atoms with van der Waals surface area (Å²) >= 11 is 0. The first-order valence-electron chi connectivity index (χ1n) is 6.87. The summed E-state index contributed by atoms with van der Waals surface area (Å²) < 4.78 is 5.36. The molecule has 1 aromatic heterocycles. The van der Waals surface area contributed by atoms with Crippen molar-refractivity contribution >= 4 is 6.03 Å². The average molecular weight is 288 g/mol. The summed E-state index contributed by atoms with van der Waals surface area (Å²) in [4.78, 5) is 11.7. The van der Waals surface area contributed by atoms with E-state index in [0.29, 0.717) is 17.9 Å². The number of aliphatic hydroxyl groups is 1. The fourth-order valence-corrected chi connectivity index (χ4v) is 2.12. The van der Waals surface area contributed by atoms with Gasteiger partial charge in [-0.2, -0.15) is 0 Å². The zero-order valence-electron chi connectivity index (χ0n) is 12.2. The van der Waals surface area contributed by atoms with E-state index < -0.39 is 6.10 Å². The van der Waals surface area contributed by atoms with Gasteiger partial charge >= 0.3 is 6.03 Å². The molecular weight excluding hydrogens is 268 g/mol. The molecule has 112 valence electrons. The van der Waals surface area contributed by atoms with Crippen molar-refractivity contribution in [2.24, 2.45) is 0 Å². The summed E-state index contributed by atoms with van der Waals surface area (Å²) in [5, 5.41) is 15.4. The SMILES string of the molecule is Cc1cc([C@@H](O)CNC(=O)NCc2ccccc2)c(C)o1. The Labute approximate surface area is 124 Å². The number of hydrogen-bond acceptors (Lipinski definition) is 3. The largest absolute Gasteiger partial charge is 0.466 e. The first kappa shape index (κ1) is 15.1. The summed E-state index contributed by atoms with van der Waals surface area (Å²) in [5.41, 5.74) is 1.73. The van der Waals surface area contributed by atoms with Gasteiger partial charge in [0.15, 0.2) is 0 Å². The van der Waals surface area contributed by atoms with Crippen molar-refractivity contribution in [3.05, 3.63) is 59.0 Å². The molecular formula is C16H20N2O3. The molecule has 3 N–H and O–H groups in total. The highest BCUT2D eigenvalue weighted by molar-refractivity contribution is 5.73. The van der Waals surface area contributed by atoms with Crippen LogP contribution in [0.4, 0.5) is 4.79 Å². The molecule has 2 amide bonds. The van der Waals surface area contributed by atoms with Crippen LogP contribution >= 0.6 is 0 Å². The molecule has 1 heterocycles. The van der Waals surface area contributed by atoms with Gasteiger partial charge in [0.1, 0.15) is 11.5 Å². The van der Waals surface area contributed by atoms with Crippen molar-refractivity contribution in [1.82, 2.24) is 10.6 Å². The number of benzene rings is 1. The zero-order valence-corrected chi connectivity index (χ0v) is 12.2. The van der Waals surface area contributed by atoms with Gasteiger partial charge in [0, 0.05) is 18.7 Å². The van der Waals surface area contributed by atoms with E-state index >= 15 is 0 Å². The Balaban J connectivity index is 1.77. The Kier molecular flexibility index (Phi) is 5.00. The molecule has 0 fully saturated rings. The summed E-state index contributed by atoms with van der Waals surface area (Å²) in [6.07, 6.45) is -0.773. The molecule has 0 aliphatic carbocycles. The third-order valence-corrected chi connectivity index (χ3v) is 3.19. The monoisotopic (exact) mass is 288 g/mol. The quantitative estimate of drug-likeness (QED) is 0.791. The van der Waals surface area contributed by atoms with Crippen molar-refractivity contribution in [1.29, 1.82) is 0 Å². The number of urea groups is 1. The van der Waals surface area contributed by atoms with Crippen LogP contribution in [-0.4, -0.2) is 17.7 Å². The molecule has 0 spiro atoms. The van der Waals surface area contributed by atoms with Crippen LogP contribution in [-0.2, 0) is 6.54 Å². The molecule has 0 bridgehead atoms. The van der Waals surface area contributed by atoms with Crippen LogP contribution in [0.2, 0.25) is 0 Å². The number of carbonyl (C=O) groups is 1. The smallest absolute Gasteiger partial charge is 0.315 e. The Bertz CT molecular complexity index is 593. The molecule has 1 atom stereocenters. The van der Waals surface area contributed by atoms with Crippen LogP contribution in [0.5, 0.6) is 0 Å². The Morgan fingerprint density at radius 2 is 1.95 bits per heavy atom. The van der Waals surface area contributed by atoms with E-state index in [1.165, 1.54) is 0 Å². The standard InChI is InChI=1S/C16H20N2O3/c1-11-8-14(12(2)21-11)15(19)10-18-16(20)17-9-13-6-4-3-5-7-13/h3-8,15,19H,9-10H2,1-2H3,(H2,17,18,20)/t15-/m0/s1. The van der Waals surface area contributed by atoms with Gasteiger partial charge in [-0.25, -0.2) is 4.79 Å². The van der Waals surface area contributed by atoms with Gasteiger partial charge in [0.25, 0.3) is 0 Å². The van der Waals surface area contributed by atoms with E-state index in [2.05, 4.69) is 10.6 Å². The first-order chi connectivity index (χ1) is 10.1. The highest BCUT2D eigenvalue weighted by atomic mass is 16.3. The van der Waals surface area contributed by atoms with Gasteiger partial charge in [-0.15, -0.1) is 0 Å². The van der Waals surface area contributed by atoms with Crippen LogP contribution in [0.25, 0.3) is 0 Å². The second-order valence-corrected chi connectivity index (χ2v) is 4.93. The van der Waals surface area contributed by atoms with Crippen LogP contribution < -0.4 is 10.6 Å². The Morgan fingerprint density at radius 3 is 2.57 bits per heavy atom. The fraction of sp³-hybridized carbons (Fsp3) is 0.312. The number of rotatable bonds is 5. The normalized spacial score (nSPS) is 12.0.